The van der Waals surface area contributed by atoms with Crippen molar-refractivity contribution in [1.82, 2.24) is 9.88 Å². The molecule has 7 heteroatoms. The molecule has 0 aliphatic rings. The quantitative estimate of drug-likeness (QED) is 0.551. The third kappa shape index (κ3) is 5.02. The van der Waals surface area contributed by atoms with Crippen molar-refractivity contribution in [2.45, 2.75) is 25.9 Å². The summed E-state index contributed by atoms with van der Waals surface area (Å²) in [5.74, 6) is -1.60. The summed E-state index contributed by atoms with van der Waals surface area (Å²) in [4.78, 5) is 23.4. The van der Waals surface area contributed by atoms with Gasteiger partial charge in [0.1, 0.15) is 5.69 Å². The number of nitrogens with zero attached hydrogens (tertiary/aromatic N) is 1. The number of nitrogens with one attached hydrogen (secondary N) is 1. The van der Waals surface area contributed by atoms with Crippen molar-refractivity contribution >= 4 is 27.8 Å². The Balaban J connectivity index is 2.82. The molecule has 1 unspecified atom stereocenters. The first-order valence-electron chi connectivity index (χ1n) is 6.46. The molecular formula is C14H19BrN2O4. The lowest BCUT2D eigenvalue weighted by atomic mass is 10.2. The van der Waals surface area contributed by atoms with E-state index in [2.05, 4.69) is 27.8 Å². The molecule has 0 saturated carbocycles. The normalized spacial score (nSPS) is 12.2. The summed E-state index contributed by atoms with van der Waals surface area (Å²) in [6.07, 6.45) is 3.30. The molecule has 0 spiro atoms. The van der Waals surface area contributed by atoms with Gasteiger partial charge in [-0.15, -0.1) is 6.58 Å². The average molecular weight is 359 g/mol. The minimum absolute atomic E-state index is 0.0809. The van der Waals surface area contributed by atoms with Crippen molar-refractivity contribution in [3.63, 3.8) is 0 Å². The Morgan fingerprint density at radius 1 is 1.57 bits per heavy atom. The molecule has 21 heavy (non-hydrogen) atoms. The lowest BCUT2D eigenvalue weighted by molar-refractivity contribution is -0.140. The van der Waals surface area contributed by atoms with Gasteiger partial charge in [-0.3, -0.25) is 4.79 Å². The topological polar surface area (TPSA) is 80.6 Å². The molecule has 0 radical (unpaired) electrons. The van der Waals surface area contributed by atoms with Gasteiger partial charge in [0, 0.05) is 16.7 Å². The SMILES string of the molecule is C=CCOCC(NC(=O)c1cc(Br)cn1C(C)C)C(=O)O. The number of rotatable bonds is 8. The first-order valence-corrected chi connectivity index (χ1v) is 7.25. The summed E-state index contributed by atoms with van der Waals surface area (Å²) in [6, 6.07) is 0.628. The highest BCUT2D eigenvalue weighted by atomic mass is 79.9. The van der Waals surface area contributed by atoms with Crippen LogP contribution in [0.2, 0.25) is 0 Å². The number of carboxylic acids is 1. The third-order valence-electron chi connectivity index (χ3n) is 2.73. The van der Waals surface area contributed by atoms with E-state index in [0.29, 0.717) is 5.69 Å². The van der Waals surface area contributed by atoms with Crippen LogP contribution in [0.25, 0.3) is 0 Å². The highest BCUT2D eigenvalue weighted by Crippen LogP contribution is 2.19. The third-order valence-corrected chi connectivity index (χ3v) is 3.16. The number of hydrogen-bond donors (Lipinski definition) is 2. The number of carboxylic acid groups (broad SMARTS) is 1. The van der Waals surface area contributed by atoms with Crippen LogP contribution in [0.4, 0.5) is 0 Å². The fraction of sp³-hybridized carbons (Fsp3) is 0.429. The summed E-state index contributed by atoms with van der Waals surface area (Å²) in [7, 11) is 0. The van der Waals surface area contributed by atoms with Crippen LogP contribution in [0, 0.1) is 0 Å². The van der Waals surface area contributed by atoms with E-state index >= 15 is 0 Å². The van der Waals surface area contributed by atoms with Crippen LogP contribution in [0.5, 0.6) is 0 Å². The summed E-state index contributed by atoms with van der Waals surface area (Å²) in [5, 5.41) is 11.6. The largest absolute Gasteiger partial charge is 0.480 e. The zero-order chi connectivity index (χ0) is 16.0. The maximum absolute atomic E-state index is 12.2. The smallest absolute Gasteiger partial charge is 0.328 e. The molecule has 0 saturated heterocycles. The van der Waals surface area contributed by atoms with Gasteiger partial charge in [-0.25, -0.2) is 4.79 Å². The molecule has 0 aliphatic heterocycles. The second kappa shape index (κ2) is 7.99. The van der Waals surface area contributed by atoms with Crippen LogP contribution in [0.15, 0.2) is 29.4 Å². The van der Waals surface area contributed by atoms with Gasteiger partial charge < -0.3 is 19.7 Å². The van der Waals surface area contributed by atoms with Gasteiger partial charge in [0.25, 0.3) is 5.91 Å². The maximum Gasteiger partial charge on any atom is 0.328 e. The van der Waals surface area contributed by atoms with Gasteiger partial charge >= 0.3 is 5.97 Å². The van der Waals surface area contributed by atoms with Crippen LogP contribution in [-0.2, 0) is 9.53 Å². The van der Waals surface area contributed by atoms with E-state index in [0.717, 1.165) is 4.47 Å². The number of ether oxygens (including phenoxy) is 1. The van der Waals surface area contributed by atoms with Gasteiger partial charge in [-0.05, 0) is 35.8 Å². The molecule has 1 amide bonds. The van der Waals surface area contributed by atoms with Crippen molar-refractivity contribution in [2.24, 2.45) is 0 Å². The van der Waals surface area contributed by atoms with E-state index in [-0.39, 0.29) is 19.3 Å². The number of halogens is 1. The van der Waals surface area contributed by atoms with E-state index in [1.807, 2.05) is 13.8 Å². The fourth-order valence-electron chi connectivity index (χ4n) is 1.73. The molecule has 1 atom stereocenters. The molecule has 1 aromatic heterocycles. The van der Waals surface area contributed by atoms with Gasteiger partial charge in [0.15, 0.2) is 6.04 Å². The minimum Gasteiger partial charge on any atom is -0.480 e. The molecule has 0 aromatic carbocycles. The van der Waals surface area contributed by atoms with Gasteiger partial charge in [0.2, 0.25) is 0 Å². The molecule has 0 fully saturated rings. The summed E-state index contributed by atoms with van der Waals surface area (Å²) < 4.78 is 7.62. The molecule has 0 bridgehead atoms. The van der Waals surface area contributed by atoms with E-state index in [1.54, 1.807) is 16.8 Å². The van der Waals surface area contributed by atoms with E-state index in [4.69, 9.17) is 9.84 Å². The Labute approximate surface area is 131 Å². The Morgan fingerprint density at radius 2 is 2.24 bits per heavy atom. The van der Waals surface area contributed by atoms with Crippen molar-refractivity contribution in [2.75, 3.05) is 13.2 Å². The van der Waals surface area contributed by atoms with Crippen LogP contribution in [0.3, 0.4) is 0 Å². The Hall–Kier alpha value is -1.60. The molecular weight excluding hydrogens is 340 g/mol. The van der Waals surface area contributed by atoms with Crippen LogP contribution in [0.1, 0.15) is 30.4 Å². The first kappa shape index (κ1) is 17.5. The number of aromatic nitrogens is 1. The molecule has 1 heterocycles. The number of carbonyl (C=O) groups excluding carboxylic acids is 1. The highest BCUT2D eigenvalue weighted by molar-refractivity contribution is 9.10. The molecule has 2 N–H and O–H groups in total. The van der Waals surface area contributed by atoms with E-state index in [1.165, 1.54) is 6.08 Å². The van der Waals surface area contributed by atoms with E-state index < -0.39 is 17.9 Å². The first-order chi connectivity index (χ1) is 9.86. The molecule has 1 aromatic rings. The van der Waals surface area contributed by atoms with Crippen molar-refractivity contribution in [1.29, 1.82) is 0 Å². The van der Waals surface area contributed by atoms with E-state index in [9.17, 15) is 9.59 Å². The van der Waals surface area contributed by atoms with Crippen LogP contribution in [-0.4, -0.2) is 40.8 Å². The Kier molecular flexibility index (Phi) is 6.64. The van der Waals surface area contributed by atoms with Gasteiger partial charge in [-0.2, -0.15) is 0 Å². The Bertz CT molecular complexity index is 525. The van der Waals surface area contributed by atoms with Crippen molar-refractivity contribution < 1.29 is 19.4 Å². The number of hydrogen-bond acceptors (Lipinski definition) is 3. The highest BCUT2D eigenvalue weighted by Gasteiger charge is 2.23. The van der Waals surface area contributed by atoms with Crippen LogP contribution >= 0.6 is 15.9 Å². The number of amides is 1. The lowest BCUT2D eigenvalue weighted by Crippen LogP contribution is -2.44. The number of aliphatic carboxylic acids is 1. The van der Waals surface area contributed by atoms with Gasteiger partial charge in [-0.1, -0.05) is 6.08 Å². The maximum atomic E-state index is 12.2. The zero-order valence-corrected chi connectivity index (χ0v) is 13.6. The fourth-order valence-corrected chi connectivity index (χ4v) is 2.17. The molecule has 6 nitrogen and oxygen atoms in total. The predicted octanol–water partition coefficient (Wildman–Crippen LogP) is 2.22. The summed E-state index contributed by atoms with van der Waals surface area (Å²) in [6.45, 7) is 7.46. The lowest BCUT2D eigenvalue weighted by Gasteiger charge is -2.16. The minimum atomic E-state index is -1.14. The summed E-state index contributed by atoms with van der Waals surface area (Å²) >= 11 is 3.31. The summed E-state index contributed by atoms with van der Waals surface area (Å²) in [5.41, 5.74) is 0.395. The average Bonchev–Trinajstić information content (AvgIpc) is 2.80. The van der Waals surface area contributed by atoms with Crippen molar-refractivity contribution in [3.8, 4) is 0 Å². The molecule has 116 valence electrons. The molecule has 1 rings (SSSR count). The second-order valence-electron chi connectivity index (χ2n) is 4.73. The monoisotopic (exact) mass is 358 g/mol. The molecule has 0 aliphatic carbocycles. The number of carbonyl (C=O) groups is 2. The second-order valence-corrected chi connectivity index (χ2v) is 5.65. The van der Waals surface area contributed by atoms with Crippen molar-refractivity contribution in [3.05, 3.63) is 35.1 Å². The van der Waals surface area contributed by atoms with Crippen LogP contribution < -0.4 is 5.32 Å². The van der Waals surface area contributed by atoms with Gasteiger partial charge in [0.05, 0.1) is 13.2 Å². The standard InChI is InChI=1S/C14H19BrN2O4/c1-4-5-21-8-11(14(19)20)16-13(18)12-6-10(15)7-17(12)9(2)3/h4,6-7,9,11H,1,5,8H2,2-3H3,(H,16,18)(H,19,20). The predicted molar refractivity (Wildman–Crippen MR) is 82.4 cm³/mol. The Morgan fingerprint density at radius 3 is 2.76 bits per heavy atom. The zero-order valence-electron chi connectivity index (χ0n) is 12.0.